The molecule has 1 aromatic rings. The van der Waals surface area contributed by atoms with Gasteiger partial charge in [-0.1, -0.05) is 25.1 Å². The number of ether oxygens (including phenoxy) is 1. The Bertz CT molecular complexity index is 482. The molecule has 4 heteroatoms. The minimum absolute atomic E-state index is 0.197. The van der Waals surface area contributed by atoms with E-state index in [2.05, 4.69) is 11.8 Å². The molecule has 0 bridgehead atoms. The van der Waals surface area contributed by atoms with Crippen molar-refractivity contribution in [1.29, 1.82) is 0 Å². The first-order chi connectivity index (χ1) is 10.2. The van der Waals surface area contributed by atoms with E-state index in [-0.39, 0.29) is 17.8 Å². The van der Waals surface area contributed by atoms with Crippen molar-refractivity contribution in [1.82, 2.24) is 4.90 Å². The zero-order valence-electron chi connectivity index (χ0n) is 12.7. The molecule has 3 nitrogen and oxygen atoms in total. The molecule has 0 amide bonds. The number of rotatable bonds is 4. The second-order valence-corrected chi connectivity index (χ2v) is 6.43. The monoisotopic (exact) mass is 292 g/mol. The predicted molar refractivity (Wildman–Crippen MR) is 81.4 cm³/mol. The SMILES string of the molecule is CC(CN1CCOC2CCCC21)C(N)c1ccccc1F. The Balaban J connectivity index is 1.65. The quantitative estimate of drug-likeness (QED) is 0.927. The first-order valence-corrected chi connectivity index (χ1v) is 8.02. The van der Waals surface area contributed by atoms with Gasteiger partial charge in [0.05, 0.1) is 12.7 Å². The fourth-order valence-electron chi connectivity index (χ4n) is 3.77. The van der Waals surface area contributed by atoms with Gasteiger partial charge in [-0.05, 0) is 31.2 Å². The van der Waals surface area contributed by atoms with Crippen LogP contribution in [0.2, 0.25) is 0 Å². The molecule has 1 saturated carbocycles. The number of nitrogens with zero attached hydrogens (tertiary/aromatic N) is 1. The van der Waals surface area contributed by atoms with Crippen LogP contribution in [-0.2, 0) is 4.74 Å². The summed E-state index contributed by atoms with van der Waals surface area (Å²) in [6.07, 6.45) is 4.04. The fourth-order valence-corrected chi connectivity index (χ4v) is 3.77. The molecule has 2 N–H and O–H groups in total. The maximum Gasteiger partial charge on any atom is 0.127 e. The van der Waals surface area contributed by atoms with Gasteiger partial charge in [0, 0.05) is 30.7 Å². The summed E-state index contributed by atoms with van der Waals surface area (Å²) in [4.78, 5) is 2.51. The maximum atomic E-state index is 13.9. The molecule has 0 spiro atoms. The number of fused-ring (bicyclic) bond motifs is 1. The van der Waals surface area contributed by atoms with Gasteiger partial charge in [-0.15, -0.1) is 0 Å². The summed E-state index contributed by atoms with van der Waals surface area (Å²) in [5.74, 6) is 0.0267. The van der Waals surface area contributed by atoms with E-state index >= 15 is 0 Å². The predicted octanol–water partition coefficient (Wildman–Crippen LogP) is 2.71. The molecule has 4 unspecified atom stereocenters. The standard InChI is InChI=1S/C17H25FN2O/c1-12(17(19)13-5-2-3-6-14(13)18)11-20-9-10-21-16-8-4-7-15(16)20/h2-3,5-6,12,15-17H,4,7-11,19H2,1H3. The van der Waals surface area contributed by atoms with Crippen LogP contribution in [0, 0.1) is 11.7 Å². The van der Waals surface area contributed by atoms with Crippen molar-refractivity contribution < 1.29 is 9.13 Å². The number of halogens is 1. The molecular weight excluding hydrogens is 267 g/mol. The van der Waals surface area contributed by atoms with Gasteiger partial charge in [-0.3, -0.25) is 4.90 Å². The number of benzene rings is 1. The molecule has 21 heavy (non-hydrogen) atoms. The second-order valence-electron chi connectivity index (χ2n) is 6.43. The van der Waals surface area contributed by atoms with E-state index in [9.17, 15) is 4.39 Å². The smallest absolute Gasteiger partial charge is 0.127 e. The Morgan fingerprint density at radius 1 is 1.38 bits per heavy atom. The lowest BCUT2D eigenvalue weighted by Crippen LogP contribution is -2.50. The van der Waals surface area contributed by atoms with Crippen molar-refractivity contribution in [2.24, 2.45) is 11.7 Å². The molecule has 0 radical (unpaired) electrons. The summed E-state index contributed by atoms with van der Waals surface area (Å²) in [6, 6.07) is 7.13. The second kappa shape index (κ2) is 6.42. The normalized spacial score (nSPS) is 29.1. The third kappa shape index (κ3) is 3.12. The molecular formula is C17H25FN2O. The third-order valence-corrected chi connectivity index (χ3v) is 5.00. The average molecular weight is 292 g/mol. The van der Waals surface area contributed by atoms with Crippen LogP contribution in [0.1, 0.15) is 37.8 Å². The summed E-state index contributed by atoms with van der Waals surface area (Å²) in [7, 11) is 0. The minimum atomic E-state index is -0.256. The van der Waals surface area contributed by atoms with Crippen LogP contribution in [0.5, 0.6) is 0 Å². The van der Waals surface area contributed by atoms with E-state index in [1.807, 2.05) is 6.07 Å². The highest BCUT2D eigenvalue weighted by Gasteiger charge is 2.36. The van der Waals surface area contributed by atoms with Crippen molar-refractivity contribution in [3.05, 3.63) is 35.6 Å². The number of nitrogens with two attached hydrogens (primary N) is 1. The van der Waals surface area contributed by atoms with Crippen LogP contribution in [0.3, 0.4) is 0 Å². The first-order valence-electron chi connectivity index (χ1n) is 8.02. The van der Waals surface area contributed by atoms with Crippen LogP contribution in [-0.4, -0.2) is 36.7 Å². The van der Waals surface area contributed by atoms with Gasteiger partial charge in [0.25, 0.3) is 0 Å². The molecule has 0 aromatic heterocycles. The molecule has 2 aliphatic rings. The van der Waals surface area contributed by atoms with Gasteiger partial charge < -0.3 is 10.5 Å². The Labute approximate surface area is 126 Å². The third-order valence-electron chi connectivity index (χ3n) is 5.00. The summed E-state index contributed by atoms with van der Waals surface area (Å²) < 4.78 is 19.7. The van der Waals surface area contributed by atoms with Crippen LogP contribution in [0.4, 0.5) is 4.39 Å². The first kappa shape index (κ1) is 14.9. The van der Waals surface area contributed by atoms with Crippen molar-refractivity contribution in [3.63, 3.8) is 0 Å². The molecule has 4 atom stereocenters. The van der Waals surface area contributed by atoms with E-state index in [0.717, 1.165) is 19.7 Å². The Hall–Kier alpha value is -0.970. The van der Waals surface area contributed by atoms with E-state index in [1.165, 1.54) is 25.3 Å². The number of morpholine rings is 1. The minimum Gasteiger partial charge on any atom is -0.375 e. The number of hydrogen-bond donors (Lipinski definition) is 1. The van der Waals surface area contributed by atoms with Crippen molar-refractivity contribution >= 4 is 0 Å². The van der Waals surface area contributed by atoms with Gasteiger partial charge >= 0.3 is 0 Å². The number of hydrogen-bond acceptors (Lipinski definition) is 3. The Kier molecular flexibility index (Phi) is 4.57. The van der Waals surface area contributed by atoms with Gasteiger partial charge in [-0.25, -0.2) is 4.39 Å². The van der Waals surface area contributed by atoms with Crippen molar-refractivity contribution in [2.45, 2.75) is 44.4 Å². The van der Waals surface area contributed by atoms with E-state index in [0.29, 0.717) is 17.7 Å². The largest absolute Gasteiger partial charge is 0.375 e. The highest BCUT2D eigenvalue weighted by Crippen LogP contribution is 2.31. The van der Waals surface area contributed by atoms with Crippen molar-refractivity contribution in [2.75, 3.05) is 19.7 Å². The summed E-state index contributed by atoms with van der Waals surface area (Å²) >= 11 is 0. The van der Waals surface area contributed by atoms with Gasteiger partial charge in [0.15, 0.2) is 0 Å². The van der Waals surface area contributed by atoms with Crippen LogP contribution in [0.15, 0.2) is 24.3 Å². The molecule has 1 heterocycles. The van der Waals surface area contributed by atoms with E-state index in [4.69, 9.17) is 10.5 Å². The molecule has 2 fully saturated rings. The maximum absolute atomic E-state index is 13.9. The summed E-state index contributed by atoms with van der Waals surface area (Å²) in [6.45, 7) is 4.81. The molecule has 1 saturated heterocycles. The summed E-state index contributed by atoms with van der Waals surface area (Å²) in [5.41, 5.74) is 6.92. The molecule has 1 aromatic carbocycles. The van der Waals surface area contributed by atoms with Crippen LogP contribution in [0.25, 0.3) is 0 Å². The highest BCUT2D eigenvalue weighted by atomic mass is 19.1. The highest BCUT2D eigenvalue weighted by molar-refractivity contribution is 5.21. The average Bonchev–Trinajstić information content (AvgIpc) is 2.96. The molecule has 1 aliphatic carbocycles. The van der Waals surface area contributed by atoms with Gasteiger partial charge in [0.2, 0.25) is 0 Å². The Morgan fingerprint density at radius 3 is 3.00 bits per heavy atom. The molecule has 3 rings (SSSR count). The lowest BCUT2D eigenvalue weighted by atomic mass is 9.93. The zero-order chi connectivity index (χ0) is 14.8. The lowest BCUT2D eigenvalue weighted by Gasteiger charge is -2.40. The fraction of sp³-hybridized carbons (Fsp3) is 0.647. The van der Waals surface area contributed by atoms with E-state index < -0.39 is 0 Å². The topological polar surface area (TPSA) is 38.5 Å². The van der Waals surface area contributed by atoms with Gasteiger partial charge in [0.1, 0.15) is 5.82 Å². The van der Waals surface area contributed by atoms with E-state index in [1.54, 1.807) is 12.1 Å². The lowest BCUT2D eigenvalue weighted by molar-refractivity contribution is -0.0605. The van der Waals surface area contributed by atoms with Crippen molar-refractivity contribution in [3.8, 4) is 0 Å². The van der Waals surface area contributed by atoms with Crippen LogP contribution < -0.4 is 5.73 Å². The zero-order valence-corrected chi connectivity index (χ0v) is 12.7. The molecule has 116 valence electrons. The molecule has 1 aliphatic heterocycles. The van der Waals surface area contributed by atoms with Crippen LogP contribution >= 0.6 is 0 Å². The Morgan fingerprint density at radius 2 is 2.19 bits per heavy atom. The summed E-state index contributed by atoms with van der Waals surface area (Å²) in [5, 5.41) is 0. The van der Waals surface area contributed by atoms with Gasteiger partial charge in [-0.2, -0.15) is 0 Å².